The molecule has 3 aliphatic heterocycles. The standard InChI is InChI=1S/C23H33ClFN7O/c1-14(21-18(24)7-4-9-27-21)29-23(33)15-5-3-6-16(11-15)28-13-20-30-31-22(32(20)2)17-8-10-26-12-19(17)25/h3,5-6,11,14,17-20,22,26,28H,4,7-10,12-13H2,1-2H3,(H,29,33)/t14-,17?,18?,19?,20?,22?/m1/s1. The largest absolute Gasteiger partial charge is 0.381 e. The lowest BCUT2D eigenvalue weighted by Crippen LogP contribution is -2.49. The molecule has 10 heteroatoms. The van der Waals surface area contributed by atoms with Gasteiger partial charge in [-0.3, -0.25) is 14.7 Å². The van der Waals surface area contributed by atoms with Gasteiger partial charge in [0.25, 0.3) is 5.91 Å². The minimum absolute atomic E-state index is 0.124. The predicted octanol–water partition coefficient (Wildman–Crippen LogP) is 3.06. The molecule has 1 aromatic carbocycles. The Hall–Kier alpha value is -2.10. The summed E-state index contributed by atoms with van der Waals surface area (Å²) >= 11 is 6.38. The Morgan fingerprint density at radius 1 is 1.36 bits per heavy atom. The molecule has 3 heterocycles. The summed E-state index contributed by atoms with van der Waals surface area (Å²) in [5.41, 5.74) is 2.22. The monoisotopic (exact) mass is 477 g/mol. The molecule has 1 amide bonds. The van der Waals surface area contributed by atoms with Crippen molar-refractivity contribution in [1.82, 2.24) is 15.5 Å². The Morgan fingerprint density at radius 3 is 3.00 bits per heavy atom. The van der Waals surface area contributed by atoms with Gasteiger partial charge in [-0.05, 0) is 58.0 Å². The molecule has 0 saturated carbocycles. The fourth-order valence-electron chi connectivity index (χ4n) is 4.70. The number of nitrogens with zero attached hydrogens (tertiary/aromatic N) is 4. The van der Waals surface area contributed by atoms with E-state index in [1.807, 2.05) is 37.1 Å². The van der Waals surface area contributed by atoms with Gasteiger partial charge in [0.2, 0.25) is 0 Å². The summed E-state index contributed by atoms with van der Waals surface area (Å²) in [6, 6.07) is 7.14. The first kappa shape index (κ1) is 24.0. The van der Waals surface area contributed by atoms with E-state index in [0.29, 0.717) is 18.7 Å². The fraction of sp³-hybridized carbons (Fsp3) is 0.652. The van der Waals surface area contributed by atoms with Gasteiger partial charge in [0.05, 0.1) is 23.7 Å². The molecule has 6 atom stereocenters. The minimum Gasteiger partial charge on any atom is -0.381 e. The molecule has 0 bridgehead atoms. The number of hydrogen-bond donors (Lipinski definition) is 3. The Morgan fingerprint density at radius 2 is 2.21 bits per heavy atom. The first-order chi connectivity index (χ1) is 15.9. The number of alkyl halides is 2. The lowest BCUT2D eigenvalue weighted by molar-refractivity contribution is 0.0857. The lowest BCUT2D eigenvalue weighted by Gasteiger charge is -2.33. The SMILES string of the molecule is C[C@@H](NC(=O)c1cccc(NCC2N=NC(C3CCNCC3F)N2C)c1)C1=NCCCC1Cl. The Bertz CT molecular complexity index is 897. The van der Waals surface area contributed by atoms with Gasteiger partial charge >= 0.3 is 0 Å². The van der Waals surface area contributed by atoms with Crippen molar-refractivity contribution >= 4 is 28.9 Å². The van der Waals surface area contributed by atoms with Crippen LogP contribution in [-0.2, 0) is 0 Å². The predicted molar refractivity (Wildman–Crippen MR) is 129 cm³/mol. The van der Waals surface area contributed by atoms with E-state index in [4.69, 9.17) is 11.6 Å². The van der Waals surface area contributed by atoms with Gasteiger partial charge < -0.3 is 16.0 Å². The normalized spacial score (nSPS) is 31.2. The number of aliphatic imine (C=N–C) groups is 1. The number of halogens is 2. The molecule has 0 aromatic heterocycles. The van der Waals surface area contributed by atoms with Crippen molar-refractivity contribution < 1.29 is 9.18 Å². The number of rotatable bonds is 7. The summed E-state index contributed by atoms with van der Waals surface area (Å²) < 4.78 is 14.3. The number of carbonyl (C=O) groups is 1. The zero-order chi connectivity index (χ0) is 23.4. The van der Waals surface area contributed by atoms with Crippen LogP contribution < -0.4 is 16.0 Å². The van der Waals surface area contributed by atoms with Crippen LogP contribution >= 0.6 is 11.6 Å². The Labute approximate surface area is 199 Å². The summed E-state index contributed by atoms with van der Waals surface area (Å²) in [4.78, 5) is 19.3. The van der Waals surface area contributed by atoms with E-state index in [-0.39, 0.29) is 35.6 Å². The second-order valence-electron chi connectivity index (χ2n) is 9.04. The quantitative estimate of drug-likeness (QED) is 0.526. The number of piperidine rings is 1. The second-order valence-corrected chi connectivity index (χ2v) is 9.56. The molecule has 1 fully saturated rings. The van der Waals surface area contributed by atoms with E-state index < -0.39 is 6.17 Å². The van der Waals surface area contributed by atoms with Crippen LogP contribution in [-0.4, -0.2) is 79.7 Å². The third-order valence-corrected chi connectivity index (χ3v) is 7.12. The highest BCUT2D eigenvalue weighted by Gasteiger charge is 2.39. The van der Waals surface area contributed by atoms with Crippen molar-refractivity contribution in [3.8, 4) is 0 Å². The van der Waals surface area contributed by atoms with E-state index in [2.05, 4.69) is 31.2 Å². The van der Waals surface area contributed by atoms with E-state index in [0.717, 1.165) is 43.8 Å². The van der Waals surface area contributed by atoms with Crippen molar-refractivity contribution in [3.63, 3.8) is 0 Å². The molecule has 1 saturated heterocycles. The van der Waals surface area contributed by atoms with Crippen LogP contribution in [0.2, 0.25) is 0 Å². The Balaban J connectivity index is 1.31. The summed E-state index contributed by atoms with van der Waals surface area (Å²) in [5.74, 6) is -0.304. The average Bonchev–Trinajstić information content (AvgIpc) is 3.18. The third kappa shape index (κ3) is 5.70. The molecular weight excluding hydrogens is 445 g/mol. The summed E-state index contributed by atoms with van der Waals surface area (Å²) in [7, 11) is 1.94. The zero-order valence-corrected chi connectivity index (χ0v) is 19.9. The molecule has 0 spiro atoms. The number of amides is 1. The maximum absolute atomic E-state index is 14.3. The van der Waals surface area contributed by atoms with Crippen molar-refractivity contribution in [2.45, 2.75) is 56.1 Å². The van der Waals surface area contributed by atoms with E-state index in [1.54, 1.807) is 6.07 Å². The fourth-order valence-corrected chi connectivity index (χ4v) is 5.11. The van der Waals surface area contributed by atoms with Crippen molar-refractivity contribution in [2.75, 3.05) is 38.5 Å². The summed E-state index contributed by atoms with van der Waals surface area (Å²) in [6.45, 7) is 4.38. The van der Waals surface area contributed by atoms with Crippen LogP contribution in [0.15, 0.2) is 39.5 Å². The van der Waals surface area contributed by atoms with Gasteiger partial charge in [0, 0.05) is 30.3 Å². The number of azo groups is 1. The highest BCUT2D eigenvalue weighted by molar-refractivity contribution is 6.33. The molecule has 5 unspecified atom stereocenters. The van der Waals surface area contributed by atoms with Crippen molar-refractivity contribution in [3.05, 3.63) is 29.8 Å². The first-order valence-corrected chi connectivity index (χ1v) is 12.2. The molecule has 3 aliphatic rings. The topological polar surface area (TPSA) is 93.5 Å². The summed E-state index contributed by atoms with van der Waals surface area (Å²) in [6.07, 6.45) is 1.29. The van der Waals surface area contributed by atoms with E-state index in [1.165, 1.54) is 0 Å². The van der Waals surface area contributed by atoms with Gasteiger partial charge in [-0.15, -0.1) is 11.6 Å². The number of benzene rings is 1. The van der Waals surface area contributed by atoms with E-state index >= 15 is 0 Å². The van der Waals surface area contributed by atoms with Crippen LogP contribution in [0.1, 0.15) is 36.5 Å². The molecule has 1 aromatic rings. The number of anilines is 1. The lowest BCUT2D eigenvalue weighted by atomic mass is 9.92. The number of carbonyl (C=O) groups excluding carboxylic acids is 1. The zero-order valence-electron chi connectivity index (χ0n) is 19.2. The molecule has 8 nitrogen and oxygen atoms in total. The third-order valence-electron chi connectivity index (χ3n) is 6.68. The van der Waals surface area contributed by atoms with Crippen LogP contribution in [0.5, 0.6) is 0 Å². The second kappa shape index (κ2) is 10.9. The smallest absolute Gasteiger partial charge is 0.251 e. The average molecular weight is 478 g/mol. The van der Waals surface area contributed by atoms with Gasteiger partial charge in [0.1, 0.15) is 18.5 Å². The highest BCUT2D eigenvalue weighted by atomic mass is 35.5. The number of hydrogen-bond acceptors (Lipinski definition) is 7. The molecule has 180 valence electrons. The van der Waals surface area contributed by atoms with Gasteiger partial charge in [-0.1, -0.05) is 6.07 Å². The van der Waals surface area contributed by atoms with Crippen LogP contribution in [0.25, 0.3) is 0 Å². The molecule has 0 radical (unpaired) electrons. The van der Waals surface area contributed by atoms with Crippen LogP contribution in [0.4, 0.5) is 10.1 Å². The minimum atomic E-state index is -0.914. The Kier molecular flexibility index (Phi) is 7.93. The van der Waals surface area contributed by atoms with Crippen molar-refractivity contribution in [1.29, 1.82) is 0 Å². The molecule has 0 aliphatic carbocycles. The van der Waals surface area contributed by atoms with E-state index in [9.17, 15) is 9.18 Å². The van der Waals surface area contributed by atoms with Gasteiger partial charge in [-0.2, -0.15) is 10.2 Å². The molecular formula is C23H33ClFN7O. The first-order valence-electron chi connectivity index (χ1n) is 11.7. The van der Waals surface area contributed by atoms with Gasteiger partial charge in [0.15, 0.2) is 0 Å². The number of likely N-dealkylation sites (N-methyl/N-ethyl adjacent to an activating group) is 1. The number of nitrogens with one attached hydrogen (secondary N) is 3. The van der Waals surface area contributed by atoms with Crippen LogP contribution in [0.3, 0.4) is 0 Å². The maximum atomic E-state index is 14.3. The van der Waals surface area contributed by atoms with Gasteiger partial charge in [-0.25, -0.2) is 4.39 Å². The molecule has 3 N–H and O–H groups in total. The highest BCUT2D eigenvalue weighted by Crippen LogP contribution is 2.29. The maximum Gasteiger partial charge on any atom is 0.251 e. The molecule has 33 heavy (non-hydrogen) atoms. The van der Waals surface area contributed by atoms with Crippen LogP contribution in [0, 0.1) is 5.92 Å². The molecule has 4 rings (SSSR count). The van der Waals surface area contributed by atoms with Crippen molar-refractivity contribution in [2.24, 2.45) is 21.1 Å². The summed E-state index contributed by atoms with van der Waals surface area (Å²) in [5, 5.41) is 18.1.